The molecule has 33 heavy (non-hydrogen) atoms. The Labute approximate surface area is 198 Å². The van der Waals surface area contributed by atoms with Crippen LogP contribution in [0.4, 0.5) is 5.88 Å². The van der Waals surface area contributed by atoms with E-state index in [0.717, 1.165) is 61.3 Å². The lowest BCUT2D eigenvalue weighted by molar-refractivity contribution is 0.00621. The van der Waals surface area contributed by atoms with Gasteiger partial charge in [0, 0.05) is 58.0 Å². The van der Waals surface area contributed by atoms with Crippen LogP contribution in [0.3, 0.4) is 0 Å². The maximum absolute atomic E-state index is 10.7. The van der Waals surface area contributed by atoms with Crippen molar-refractivity contribution < 1.29 is 14.4 Å². The van der Waals surface area contributed by atoms with Gasteiger partial charge in [-0.05, 0) is 31.7 Å². The summed E-state index contributed by atoms with van der Waals surface area (Å²) in [6, 6.07) is 10.3. The Balaban J connectivity index is 1.53. The lowest BCUT2D eigenvalue weighted by Crippen LogP contribution is -2.45. The predicted octanol–water partition coefficient (Wildman–Crippen LogP) is 3.34. The van der Waals surface area contributed by atoms with Crippen LogP contribution in [0.25, 0.3) is 11.3 Å². The molecule has 0 amide bonds. The summed E-state index contributed by atoms with van der Waals surface area (Å²) < 4.78 is 11.7. The Morgan fingerprint density at radius 2 is 1.85 bits per heavy atom. The van der Waals surface area contributed by atoms with Crippen LogP contribution in [0, 0.1) is 11.8 Å². The highest BCUT2D eigenvalue weighted by Gasteiger charge is 2.30. The van der Waals surface area contributed by atoms with Crippen molar-refractivity contribution in [1.82, 2.24) is 15.0 Å². The van der Waals surface area contributed by atoms with Gasteiger partial charge in [0.25, 0.3) is 0 Å². The molecule has 1 aliphatic carbocycles. The van der Waals surface area contributed by atoms with Crippen LogP contribution < -0.4 is 4.90 Å². The van der Waals surface area contributed by atoms with E-state index in [1.165, 1.54) is 12.8 Å². The number of aliphatic hydroxyl groups excluding tert-OH is 1. The molecule has 1 saturated carbocycles. The van der Waals surface area contributed by atoms with Crippen molar-refractivity contribution in [3.05, 3.63) is 35.9 Å². The molecule has 2 heterocycles. The molecule has 0 bridgehead atoms. The molecule has 2 fully saturated rings. The second-order valence-electron chi connectivity index (χ2n) is 10.2. The number of piperazine rings is 1. The Morgan fingerprint density at radius 1 is 1.12 bits per heavy atom. The molecule has 0 spiro atoms. The largest absolute Gasteiger partial charge is 0.389 e. The number of hydrogen-bond donors (Lipinski definition) is 1. The molecular weight excluding hydrogens is 416 g/mol. The minimum absolute atomic E-state index is 0.375. The number of anilines is 1. The standard InChI is InChI=1S/C26H40N4O3/c1-20(2)18-32-19-23(31)16-29(15-21-9-10-21)17-24-25(22-7-5-4-6-8-22)27-33-26(24)30-13-11-28(3)12-14-30/h4-8,20-21,23,31H,9-19H2,1-3H3. The van der Waals surface area contributed by atoms with Gasteiger partial charge in [-0.25, -0.2) is 0 Å². The van der Waals surface area contributed by atoms with E-state index in [1.54, 1.807) is 0 Å². The zero-order valence-corrected chi connectivity index (χ0v) is 20.4. The number of ether oxygens (including phenoxy) is 1. The Morgan fingerprint density at radius 3 is 2.52 bits per heavy atom. The maximum Gasteiger partial charge on any atom is 0.232 e. The predicted molar refractivity (Wildman–Crippen MR) is 131 cm³/mol. The minimum Gasteiger partial charge on any atom is -0.389 e. The molecule has 2 aliphatic rings. The van der Waals surface area contributed by atoms with Gasteiger partial charge >= 0.3 is 0 Å². The van der Waals surface area contributed by atoms with Crippen LogP contribution in [-0.2, 0) is 11.3 Å². The first kappa shape index (κ1) is 24.2. The quantitative estimate of drug-likeness (QED) is 0.525. The number of likely N-dealkylation sites (N-methyl/N-ethyl adjacent to an activating group) is 1. The smallest absolute Gasteiger partial charge is 0.232 e. The van der Waals surface area contributed by atoms with Crippen molar-refractivity contribution in [2.24, 2.45) is 11.8 Å². The zero-order valence-electron chi connectivity index (χ0n) is 20.4. The molecule has 1 aromatic carbocycles. The fourth-order valence-corrected chi connectivity index (χ4v) is 4.41. The first-order valence-corrected chi connectivity index (χ1v) is 12.4. The molecule has 7 nitrogen and oxygen atoms in total. The van der Waals surface area contributed by atoms with Gasteiger partial charge in [0.1, 0.15) is 5.69 Å². The van der Waals surface area contributed by atoms with E-state index in [2.05, 4.69) is 52.9 Å². The minimum atomic E-state index is -0.505. The van der Waals surface area contributed by atoms with Gasteiger partial charge < -0.3 is 24.2 Å². The Bertz CT molecular complexity index is 844. The van der Waals surface area contributed by atoms with Crippen LogP contribution in [0.1, 0.15) is 32.3 Å². The van der Waals surface area contributed by atoms with Crippen molar-refractivity contribution in [2.45, 2.75) is 39.3 Å². The maximum atomic E-state index is 10.7. The van der Waals surface area contributed by atoms with E-state index in [9.17, 15) is 5.11 Å². The van der Waals surface area contributed by atoms with Gasteiger partial charge in [-0.1, -0.05) is 49.3 Å². The Hall–Kier alpha value is -1.93. The van der Waals surface area contributed by atoms with Crippen molar-refractivity contribution in [3.8, 4) is 11.3 Å². The fraction of sp³-hybridized carbons (Fsp3) is 0.654. The lowest BCUT2D eigenvalue weighted by Gasteiger charge is -2.33. The lowest BCUT2D eigenvalue weighted by atomic mass is 10.1. The highest BCUT2D eigenvalue weighted by Crippen LogP contribution is 2.35. The van der Waals surface area contributed by atoms with Crippen LogP contribution in [0.5, 0.6) is 0 Å². The van der Waals surface area contributed by atoms with Crippen molar-refractivity contribution in [3.63, 3.8) is 0 Å². The number of rotatable bonds is 12. The topological polar surface area (TPSA) is 65.2 Å². The summed E-state index contributed by atoms with van der Waals surface area (Å²) in [6.07, 6.45) is 2.04. The zero-order chi connectivity index (χ0) is 23.2. The third-order valence-corrected chi connectivity index (χ3v) is 6.43. The summed E-state index contributed by atoms with van der Waals surface area (Å²) in [6.45, 7) is 11.5. The summed E-state index contributed by atoms with van der Waals surface area (Å²) in [5.74, 6) is 2.07. The van der Waals surface area contributed by atoms with Crippen LogP contribution in [0.15, 0.2) is 34.9 Å². The first-order valence-electron chi connectivity index (χ1n) is 12.4. The van der Waals surface area contributed by atoms with E-state index < -0.39 is 6.10 Å². The van der Waals surface area contributed by atoms with Gasteiger partial charge in [0.05, 0.1) is 18.3 Å². The third-order valence-electron chi connectivity index (χ3n) is 6.43. The molecule has 1 saturated heterocycles. The van der Waals surface area contributed by atoms with Gasteiger partial charge in [-0.15, -0.1) is 0 Å². The summed E-state index contributed by atoms with van der Waals surface area (Å²) >= 11 is 0. The summed E-state index contributed by atoms with van der Waals surface area (Å²) in [5, 5.41) is 15.2. The van der Waals surface area contributed by atoms with Crippen molar-refractivity contribution in [2.75, 3.05) is 64.4 Å². The van der Waals surface area contributed by atoms with E-state index >= 15 is 0 Å². The van der Waals surface area contributed by atoms with Gasteiger partial charge in [0.15, 0.2) is 0 Å². The summed E-state index contributed by atoms with van der Waals surface area (Å²) in [5.41, 5.74) is 3.11. The number of aliphatic hydroxyl groups is 1. The number of benzene rings is 1. The van der Waals surface area contributed by atoms with Crippen LogP contribution in [-0.4, -0.2) is 85.7 Å². The highest BCUT2D eigenvalue weighted by atomic mass is 16.5. The molecular formula is C26H40N4O3. The van der Waals surface area contributed by atoms with Crippen molar-refractivity contribution >= 4 is 5.88 Å². The summed E-state index contributed by atoms with van der Waals surface area (Å²) in [7, 11) is 2.16. The second kappa shape index (κ2) is 11.5. The number of aromatic nitrogens is 1. The van der Waals surface area contributed by atoms with E-state index in [0.29, 0.717) is 32.2 Å². The van der Waals surface area contributed by atoms with Gasteiger partial charge in [-0.3, -0.25) is 4.90 Å². The molecule has 7 heteroatoms. The van der Waals surface area contributed by atoms with E-state index in [4.69, 9.17) is 9.26 Å². The second-order valence-corrected chi connectivity index (χ2v) is 10.2. The van der Waals surface area contributed by atoms with Crippen molar-refractivity contribution in [1.29, 1.82) is 0 Å². The first-order chi connectivity index (χ1) is 16.0. The summed E-state index contributed by atoms with van der Waals surface area (Å²) in [4.78, 5) is 7.05. The monoisotopic (exact) mass is 456 g/mol. The normalized spacial score (nSPS) is 18.4. The molecule has 182 valence electrons. The van der Waals surface area contributed by atoms with Gasteiger partial charge in [0.2, 0.25) is 5.88 Å². The molecule has 1 unspecified atom stereocenters. The van der Waals surface area contributed by atoms with E-state index in [-0.39, 0.29) is 0 Å². The van der Waals surface area contributed by atoms with E-state index in [1.807, 2.05) is 18.2 Å². The molecule has 4 rings (SSSR count). The average Bonchev–Trinajstić information content (AvgIpc) is 3.52. The molecule has 1 N–H and O–H groups in total. The fourth-order valence-electron chi connectivity index (χ4n) is 4.41. The SMILES string of the molecule is CC(C)COCC(O)CN(Cc1c(-c2ccccc2)noc1N1CCN(C)CC1)CC1CC1. The highest BCUT2D eigenvalue weighted by molar-refractivity contribution is 5.68. The molecule has 0 radical (unpaired) electrons. The van der Waals surface area contributed by atoms with Crippen LogP contribution >= 0.6 is 0 Å². The molecule has 2 aromatic rings. The average molecular weight is 457 g/mol. The number of nitrogens with zero attached hydrogens (tertiary/aromatic N) is 4. The Kier molecular flexibility index (Phi) is 8.41. The number of hydrogen-bond acceptors (Lipinski definition) is 7. The molecule has 1 aliphatic heterocycles. The molecule has 1 atom stereocenters. The van der Waals surface area contributed by atoms with Gasteiger partial charge in [-0.2, -0.15) is 0 Å². The third kappa shape index (κ3) is 7.03. The van der Waals surface area contributed by atoms with Crippen LogP contribution in [0.2, 0.25) is 0 Å². The molecule has 1 aromatic heterocycles.